The smallest absolute Gasteiger partial charge is 0.258 e. The van der Waals surface area contributed by atoms with Crippen LogP contribution < -0.4 is 20.7 Å². The number of halogens is 1. The number of aliphatic imine (C=N–C) groups is 1. The summed E-state index contributed by atoms with van der Waals surface area (Å²) in [6.07, 6.45) is 4.21. The van der Waals surface area contributed by atoms with Crippen molar-refractivity contribution in [1.82, 2.24) is 16.0 Å². The summed E-state index contributed by atoms with van der Waals surface area (Å²) in [5, 5.41) is 9.45. The molecule has 1 saturated carbocycles. The normalized spacial score (nSPS) is 16.2. The van der Waals surface area contributed by atoms with E-state index in [1.165, 1.54) is 5.56 Å². The number of hydrogen-bond acceptors (Lipinski definition) is 5. The predicted octanol–water partition coefficient (Wildman–Crippen LogP) is 1.44. The Balaban J connectivity index is 0.00000208. The van der Waals surface area contributed by atoms with Crippen molar-refractivity contribution in [3.63, 3.8) is 0 Å². The summed E-state index contributed by atoms with van der Waals surface area (Å²) in [6.45, 7) is 2.82. The number of amides is 1. The molecule has 132 valence electrons. The molecule has 1 fully saturated rings. The van der Waals surface area contributed by atoms with E-state index in [0.29, 0.717) is 6.04 Å². The molecule has 0 unspecified atom stereocenters. The largest absolute Gasteiger partial charge is 0.484 e. The van der Waals surface area contributed by atoms with Crippen LogP contribution in [0.2, 0.25) is 0 Å². The first kappa shape index (κ1) is 18.8. The zero-order valence-corrected chi connectivity index (χ0v) is 16.0. The first-order valence-electron chi connectivity index (χ1n) is 8.33. The van der Waals surface area contributed by atoms with Gasteiger partial charge in [0.2, 0.25) is 0 Å². The molecule has 1 aromatic rings. The molecular formula is C17H25IN4O2. The molecule has 24 heavy (non-hydrogen) atoms. The van der Waals surface area contributed by atoms with Crippen LogP contribution in [-0.4, -0.2) is 44.1 Å². The van der Waals surface area contributed by atoms with E-state index >= 15 is 0 Å². The topological polar surface area (TPSA) is 74.8 Å². The Labute approximate surface area is 159 Å². The first-order chi connectivity index (χ1) is 11.3. The number of carbonyl (C=O) groups excluding carboxylic acids is 1. The Hall–Kier alpha value is -1.51. The van der Waals surface area contributed by atoms with Gasteiger partial charge in [-0.05, 0) is 43.4 Å². The summed E-state index contributed by atoms with van der Waals surface area (Å²) < 4.78 is 5.49. The molecule has 0 bridgehead atoms. The van der Waals surface area contributed by atoms with Gasteiger partial charge >= 0.3 is 0 Å². The average Bonchev–Trinajstić information content (AvgIpc) is 3.39. The summed E-state index contributed by atoms with van der Waals surface area (Å²) in [7, 11) is 0. The van der Waals surface area contributed by atoms with Crippen LogP contribution in [0.3, 0.4) is 0 Å². The quantitative estimate of drug-likeness (QED) is 0.557. The zero-order valence-electron chi connectivity index (χ0n) is 13.7. The fourth-order valence-electron chi connectivity index (χ4n) is 2.37. The van der Waals surface area contributed by atoms with E-state index in [0.717, 1.165) is 57.0 Å². The molecule has 6 nitrogen and oxygen atoms in total. The van der Waals surface area contributed by atoms with E-state index < -0.39 is 0 Å². The van der Waals surface area contributed by atoms with Crippen molar-refractivity contribution < 1.29 is 9.53 Å². The number of benzene rings is 1. The molecule has 7 heteroatoms. The summed E-state index contributed by atoms with van der Waals surface area (Å²) in [4.78, 5) is 15.9. The summed E-state index contributed by atoms with van der Waals surface area (Å²) >= 11 is 0. The van der Waals surface area contributed by atoms with Crippen molar-refractivity contribution in [2.45, 2.75) is 31.7 Å². The maximum Gasteiger partial charge on any atom is 0.258 e. The molecule has 0 saturated heterocycles. The molecule has 0 atom stereocenters. The van der Waals surface area contributed by atoms with Crippen LogP contribution in [-0.2, 0) is 11.2 Å². The number of carbonyl (C=O) groups is 1. The molecule has 3 rings (SSSR count). The highest BCUT2D eigenvalue weighted by molar-refractivity contribution is 14.0. The second-order valence-corrected chi connectivity index (χ2v) is 5.96. The SMILES string of the molecule is I.O=C(COc1ccc(CCNC2=NCCCN2)cc1)NC1CC1. The third-order valence-electron chi connectivity index (χ3n) is 3.84. The van der Waals surface area contributed by atoms with Crippen molar-refractivity contribution >= 4 is 35.8 Å². The highest BCUT2D eigenvalue weighted by Crippen LogP contribution is 2.18. The van der Waals surface area contributed by atoms with Gasteiger partial charge < -0.3 is 20.7 Å². The molecule has 2 aliphatic rings. The Morgan fingerprint density at radius 1 is 1.29 bits per heavy atom. The minimum absolute atomic E-state index is 0. The Kier molecular flexibility index (Phi) is 7.61. The highest BCUT2D eigenvalue weighted by Gasteiger charge is 2.23. The second-order valence-electron chi connectivity index (χ2n) is 5.96. The molecule has 1 aliphatic carbocycles. The van der Waals surface area contributed by atoms with Gasteiger partial charge in [0.05, 0.1) is 0 Å². The van der Waals surface area contributed by atoms with Gasteiger partial charge in [0, 0.05) is 25.7 Å². The average molecular weight is 444 g/mol. The number of hydrogen-bond donors (Lipinski definition) is 3. The van der Waals surface area contributed by atoms with Gasteiger partial charge in [-0.1, -0.05) is 12.1 Å². The maximum atomic E-state index is 11.6. The molecule has 1 amide bonds. The Morgan fingerprint density at radius 3 is 2.75 bits per heavy atom. The number of rotatable bonds is 7. The molecule has 1 heterocycles. The van der Waals surface area contributed by atoms with Crippen LogP contribution in [0.15, 0.2) is 29.3 Å². The van der Waals surface area contributed by atoms with Crippen LogP contribution in [0.25, 0.3) is 0 Å². The number of ether oxygens (including phenoxy) is 1. The van der Waals surface area contributed by atoms with Crippen LogP contribution in [0.4, 0.5) is 0 Å². The first-order valence-corrected chi connectivity index (χ1v) is 8.33. The van der Waals surface area contributed by atoms with Gasteiger partial charge in [0.15, 0.2) is 12.6 Å². The van der Waals surface area contributed by atoms with Crippen molar-refractivity contribution in [3.8, 4) is 5.75 Å². The Bertz CT molecular complexity index is 558. The number of guanidine groups is 1. The molecule has 0 spiro atoms. The lowest BCUT2D eigenvalue weighted by molar-refractivity contribution is -0.123. The van der Waals surface area contributed by atoms with Crippen LogP contribution in [0.5, 0.6) is 5.75 Å². The summed E-state index contributed by atoms with van der Waals surface area (Å²) in [6, 6.07) is 8.27. The zero-order chi connectivity index (χ0) is 15.9. The van der Waals surface area contributed by atoms with Crippen LogP contribution >= 0.6 is 24.0 Å². The molecule has 0 radical (unpaired) electrons. The van der Waals surface area contributed by atoms with Crippen LogP contribution in [0.1, 0.15) is 24.8 Å². The fourth-order valence-corrected chi connectivity index (χ4v) is 2.37. The van der Waals surface area contributed by atoms with Gasteiger partial charge in [-0.25, -0.2) is 0 Å². The molecule has 3 N–H and O–H groups in total. The third-order valence-corrected chi connectivity index (χ3v) is 3.84. The Morgan fingerprint density at radius 2 is 2.08 bits per heavy atom. The van der Waals surface area contributed by atoms with Gasteiger partial charge in [0.25, 0.3) is 5.91 Å². The van der Waals surface area contributed by atoms with E-state index in [4.69, 9.17) is 4.74 Å². The molecular weight excluding hydrogens is 419 g/mol. The summed E-state index contributed by atoms with van der Waals surface area (Å²) in [5.41, 5.74) is 1.23. The highest BCUT2D eigenvalue weighted by atomic mass is 127. The van der Waals surface area contributed by atoms with E-state index in [9.17, 15) is 4.79 Å². The minimum Gasteiger partial charge on any atom is -0.484 e. The van der Waals surface area contributed by atoms with Crippen molar-refractivity contribution in [2.24, 2.45) is 4.99 Å². The monoisotopic (exact) mass is 444 g/mol. The lowest BCUT2D eigenvalue weighted by Crippen LogP contribution is -2.41. The maximum absolute atomic E-state index is 11.6. The van der Waals surface area contributed by atoms with Gasteiger partial charge in [0.1, 0.15) is 5.75 Å². The fraction of sp³-hybridized carbons (Fsp3) is 0.529. The van der Waals surface area contributed by atoms with Crippen LogP contribution in [0, 0.1) is 0 Å². The van der Waals surface area contributed by atoms with E-state index in [1.54, 1.807) is 0 Å². The van der Waals surface area contributed by atoms with E-state index in [-0.39, 0.29) is 36.5 Å². The van der Waals surface area contributed by atoms with E-state index in [2.05, 4.69) is 20.9 Å². The molecule has 0 aromatic heterocycles. The molecule has 1 aromatic carbocycles. The second kappa shape index (κ2) is 9.71. The predicted molar refractivity (Wildman–Crippen MR) is 105 cm³/mol. The van der Waals surface area contributed by atoms with Crippen molar-refractivity contribution in [1.29, 1.82) is 0 Å². The van der Waals surface area contributed by atoms with Crippen molar-refractivity contribution in [2.75, 3.05) is 26.2 Å². The van der Waals surface area contributed by atoms with Gasteiger partial charge in [-0.3, -0.25) is 9.79 Å². The van der Waals surface area contributed by atoms with Gasteiger partial charge in [-0.2, -0.15) is 0 Å². The lowest BCUT2D eigenvalue weighted by Gasteiger charge is -2.15. The molecule has 1 aliphatic heterocycles. The number of nitrogens with zero attached hydrogens (tertiary/aromatic N) is 1. The standard InChI is InChI=1S/C17H24N4O2.HI/c22-16(21-14-4-5-14)12-23-15-6-2-13(3-7-15)8-11-20-17-18-9-1-10-19-17;/h2-3,6-7,14H,1,4-5,8-12H2,(H,21,22)(H2,18,19,20);1H. The van der Waals surface area contributed by atoms with Gasteiger partial charge in [-0.15, -0.1) is 24.0 Å². The minimum atomic E-state index is -0.0402. The third kappa shape index (κ3) is 6.54. The summed E-state index contributed by atoms with van der Waals surface area (Å²) in [5.74, 6) is 1.59. The van der Waals surface area contributed by atoms with Crippen molar-refractivity contribution in [3.05, 3.63) is 29.8 Å². The number of nitrogens with one attached hydrogen (secondary N) is 3. The lowest BCUT2D eigenvalue weighted by atomic mass is 10.1. The van der Waals surface area contributed by atoms with E-state index in [1.807, 2.05) is 24.3 Å².